The summed E-state index contributed by atoms with van der Waals surface area (Å²) in [6.07, 6.45) is 1.17. The molecule has 1 rings (SSSR count). The van der Waals surface area contributed by atoms with E-state index in [0.717, 1.165) is 0 Å². The van der Waals surface area contributed by atoms with Gasteiger partial charge in [-0.25, -0.2) is 0 Å². The fourth-order valence-electron chi connectivity index (χ4n) is 0.643. The average Bonchev–Trinajstić information content (AvgIpc) is 1.88. The van der Waals surface area contributed by atoms with E-state index in [2.05, 4.69) is 0 Å². The van der Waals surface area contributed by atoms with Gasteiger partial charge in [-0.2, -0.15) is 0 Å². The monoisotopic (exact) mass is 204 g/mol. The summed E-state index contributed by atoms with van der Waals surface area (Å²) < 4.78 is 20.2. The fraction of sp³-hybridized carbons (Fsp3) is 0.143. The summed E-state index contributed by atoms with van der Waals surface area (Å²) in [6.45, 7) is 0. The van der Waals surface area contributed by atoms with Crippen molar-refractivity contribution < 1.29 is 19.4 Å². The van der Waals surface area contributed by atoms with Gasteiger partial charge in [-0.15, -0.1) is 0 Å². The molecule has 13 heavy (non-hydrogen) atoms. The van der Waals surface area contributed by atoms with Gasteiger partial charge >= 0.3 is 60.5 Å². The number of benzene rings is 1. The number of hydrogen-bond acceptors (Lipinski definition) is 2. The summed E-state index contributed by atoms with van der Waals surface area (Å²) in [6, 6.07) is 8.88. The van der Waals surface area contributed by atoms with Crippen molar-refractivity contribution in [1.29, 1.82) is 0 Å². The Balaban J connectivity index is -0.000000333. The zero-order valence-electron chi connectivity index (χ0n) is 6.19. The molecule has 0 amide bonds. The predicted octanol–water partition coefficient (Wildman–Crippen LogP) is -1.20. The number of rotatable bonds is 1. The van der Waals surface area contributed by atoms with Crippen LogP contribution in [0, 0.1) is 0 Å². The molecular weight excluding hydrogens is 191 g/mol. The molecule has 0 heterocycles. The Bertz CT molecular complexity index is 325. The van der Waals surface area contributed by atoms with Crippen LogP contribution in [0.1, 0.15) is 7.43 Å². The second-order valence-corrected chi connectivity index (χ2v) is 2.55. The quantitative estimate of drug-likeness (QED) is 0.536. The van der Waals surface area contributed by atoms with E-state index >= 15 is 0 Å². The van der Waals surface area contributed by atoms with Crippen LogP contribution in [0.25, 0.3) is 0 Å². The molecule has 0 aliphatic rings. The summed E-state index contributed by atoms with van der Waals surface area (Å²) >= 11 is 0. The summed E-state index contributed by atoms with van der Waals surface area (Å²) in [7, 11) is -2.09. The minimum atomic E-state index is -2.09. The summed E-state index contributed by atoms with van der Waals surface area (Å²) in [5.41, 5.74) is 0.704. The van der Waals surface area contributed by atoms with E-state index in [-0.39, 0.29) is 18.4 Å². The first kappa shape index (κ1) is 17.9. The first-order valence-electron chi connectivity index (χ1n) is 2.77. The Labute approximate surface area is 79.5 Å². The molecule has 0 atom stereocenters. The van der Waals surface area contributed by atoms with Crippen LogP contribution in [0.2, 0.25) is 0 Å². The topological polar surface area (TPSA) is 97.1 Å². The Morgan fingerprint density at radius 1 is 1.00 bits per heavy atom. The normalized spacial score (nSPS) is 6.46. The Morgan fingerprint density at radius 2 is 1.46 bits per heavy atom. The molecule has 4 nitrogen and oxygen atoms in total. The SMILES string of the molecule is C.O.O.O=S(=O)=Bc1ccccc1. The van der Waals surface area contributed by atoms with E-state index in [1.807, 2.05) is 6.07 Å². The molecule has 4 N–H and O–H groups in total. The average molecular weight is 204 g/mol. The second-order valence-electron chi connectivity index (χ2n) is 1.79. The van der Waals surface area contributed by atoms with E-state index in [9.17, 15) is 8.42 Å². The van der Waals surface area contributed by atoms with Crippen LogP contribution in [0.15, 0.2) is 30.3 Å². The van der Waals surface area contributed by atoms with Crippen molar-refractivity contribution in [2.75, 3.05) is 0 Å². The van der Waals surface area contributed by atoms with Crippen molar-refractivity contribution >= 4 is 21.7 Å². The molecule has 0 bridgehead atoms. The molecule has 0 aliphatic carbocycles. The number of hydrogen-bond donors (Lipinski definition) is 0. The Hall–Kier alpha value is -0.975. The van der Waals surface area contributed by atoms with Crippen LogP contribution in [0.3, 0.4) is 0 Å². The standard InChI is InChI=1S/C6H5BO2S.CH4.2H2O/c8-10(9)7-6-4-2-1-3-5-6;;;/h1-5H;1H4;2*1H2. The van der Waals surface area contributed by atoms with Gasteiger partial charge in [-0.3, -0.25) is 0 Å². The molecule has 1 aromatic carbocycles. The summed E-state index contributed by atoms with van der Waals surface area (Å²) in [4.78, 5) is 0. The zero-order valence-corrected chi connectivity index (χ0v) is 7.01. The van der Waals surface area contributed by atoms with Crippen molar-refractivity contribution in [3.63, 3.8) is 0 Å². The Kier molecular flexibility index (Phi) is 12.6. The van der Waals surface area contributed by atoms with E-state index in [4.69, 9.17) is 0 Å². The molecule has 0 aliphatic heterocycles. The molecule has 0 spiro atoms. The van der Waals surface area contributed by atoms with Gasteiger partial charge < -0.3 is 11.0 Å². The zero-order chi connectivity index (χ0) is 7.40. The molecule has 0 unspecified atom stereocenters. The van der Waals surface area contributed by atoms with Gasteiger partial charge in [0, 0.05) is 0 Å². The van der Waals surface area contributed by atoms with Crippen molar-refractivity contribution in [3.05, 3.63) is 30.3 Å². The molecule has 0 saturated heterocycles. The van der Waals surface area contributed by atoms with Gasteiger partial charge in [-0.1, -0.05) is 7.43 Å². The molecule has 6 heteroatoms. The third kappa shape index (κ3) is 7.39. The van der Waals surface area contributed by atoms with Gasteiger partial charge in [0.05, 0.1) is 0 Å². The fourth-order valence-corrected chi connectivity index (χ4v) is 1.02. The second kappa shape index (κ2) is 9.12. The maximum absolute atomic E-state index is 10.1. The molecule has 0 radical (unpaired) electrons. The van der Waals surface area contributed by atoms with Crippen LogP contribution in [0.5, 0.6) is 0 Å². The maximum atomic E-state index is 10.1. The molecule has 1 aromatic rings. The van der Waals surface area contributed by atoms with Crippen LogP contribution >= 0.6 is 0 Å². The van der Waals surface area contributed by atoms with E-state index in [0.29, 0.717) is 5.46 Å². The molecule has 0 fully saturated rings. The van der Waals surface area contributed by atoms with Crippen molar-refractivity contribution in [2.24, 2.45) is 0 Å². The molecular formula is C7H13BO4S. The molecule has 0 aromatic heterocycles. The van der Waals surface area contributed by atoms with Crippen LogP contribution in [-0.4, -0.2) is 25.5 Å². The first-order chi connectivity index (χ1) is 4.79. The van der Waals surface area contributed by atoms with E-state index < -0.39 is 10.1 Å². The van der Waals surface area contributed by atoms with Crippen molar-refractivity contribution in [2.45, 2.75) is 7.43 Å². The predicted molar refractivity (Wildman–Crippen MR) is 54.7 cm³/mol. The summed E-state index contributed by atoms with van der Waals surface area (Å²) in [5.74, 6) is 0. The van der Waals surface area contributed by atoms with Crippen LogP contribution < -0.4 is 5.46 Å². The van der Waals surface area contributed by atoms with Crippen molar-refractivity contribution in [1.82, 2.24) is 0 Å². The van der Waals surface area contributed by atoms with Gasteiger partial charge in [-0.05, 0) is 0 Å². The van der Waals surface area contributed by atoms with Gasteiger partial charge in [0.15, 0.2) is 0 Å². The van der Waals surface area contributed by atoms with Gasteiger partial charge in [0.25, 0.3) is 0 Å². The van der Waals surface area contributed by atoms with Gasteiger partial charge in [0.1, 0.15) is 0 Å². The van der Waals surface area contributed by atoms with Crippen molar-refractivity contribution in [3.8, 4) is 0 Å². The van der Waals surface area contributed by atoms with Crippen LogP contribution in [-0.2, 0) is 10.1 Å². The molecule has 74 valence electrons. The third-order valence-electron chi connectivity index (χ3n) is 1.03. The Morgan fingerprint density at radius 3 is 1.85 bits per heavy atom. The third-order valence-corrected chi connectivity index (χ3v) is 1.50. The van der Waals surface area contributed by atoms with E-state index in [1.165, 1.54) is 6.15 Å². The van der Waals surface area contributed by atoms with Gasteiger partial charge in [0.2, 0.25) is 0 Å². The summed E-state index contributed by atoms with van der Waals surface area (Å²) in [5, 5.41) is 0. The first-order valence-corrected chi connectivity index (χ1v) is 3.91. The van der Waals surface area contributed by atoms with Crippen LogP contribution in [0.4, 0.5) is 0 Å². The van der Waals surface area contributed by atoms with E-state index in [1.54, 1.807) is 24.3 Å². The minimum absolute atomic E-state index is 0. The molecule has 0 saturated carbocycles.